The number of unbranched alkanes of at least 4 members (excludes halogenated alkanes) is 1. The molecule has 130 valence electrons. The Bertz CT molecular complexity index is 898. The van der Waals surface area contributed by atoms with Crippen LogP contribution in [0.1, 0.15) is 29.5 Å². The number of anilines is 1. The average Bonchev–Trinajstić information content (AvgIpc) is 2.65. The fourth-order valence-corrected chi connectivity index (χ4v) is 2.88. The van der Waals surface area contributed by atoms with Crippen molar-refractivity contribution in [1.82, 2.24) is 0 Å². The lowest BCUT2D eigenvalue weighted by molar-refractivity contribution is 0.609. The van der Waals surface area contributed by atoms with Crippen molar-refractivity contribution in [3.05, 3.63) is 75.4 Å². The van der Waals surface area contributed by atoms with E-state index < -0.39 is 0 Å². The molecule has 0 saturated heterocycles. The molecular weight excluding hydrogens is 312 g/mol. The molecule has 3 N–H and O–H groups in total. The largest absolute Gasteiger partial charge is 0.440 e. The van der Waals surface area contributed by atoms with Gasteiger partial charge in [0.25, 0.3) is 0 Å². The number of hydrogen-bond acceptors (Lipinski definition) is 4. The van der Waals surface area contributed by atoms with E-state index in [4.69, 9.17) is 10.2 Å². The molecule has 0 aliphatic rings. The first-order chi connectivity index (χ1) is 12.2. The lowest BCUT2D eigenvalue weighted by atomic mass is 10.1. The minimum Gasteiger partial charge on any atom is -0.440 e. The van der Waals surface area contributed by atoms with Crippen molar-refractivity contribution in [2.45, 2.75) is 32.7 Å². The van der Waals surface area contributed by atoms with E-state index in [0.717, 1.165) is 31.4 Å². The van der Waals surface area contributed by atoms with Gasteiger partial charge in [0, 0.05) is 6.54 Å². The van der Waals surface area contributed by atoms with E-state index in [2.05, 4.69) is 29.6 Å². The van der Waals surface area contributed by atoms with Crippen LogP contribution in [0.5, 0.6) is 0 Å². The molecule has 3 rings (SSSR count). The number of fused-ring (bicyclic) bond motifs is 1. The summed E-state index contributed by atoms with van der Waals surface area (Å²) in [5.74, 6) is 0.538. The fraction of sp³-hybridized carbons (Fsp3) is 0.286. The quantitative estimate of drug-likeness (QED) is 0.640. The van der Waals surface area contributed by atoms with Gasteiger partial charge in [-0.05, 0) is 56.0 Å². The van der Waals surface area contributed by atoms with Crippen LogP contribution in [-0.4, -0.2) is 6.54 Å². The third-order valence-electron chi connectivity index (χ3n) is 4.42. The van der Waals surface area contributed by atoms with Gasteiger partial charge in [0.1, 0.15) is 5.58 Å². The number of rotatable bonds is 7. The van der Waals surface area contributed by atoms with E-state index in [0.29, 0.717) is 29.0 Å². The zero-order chi connectivity index (χ0) is 17.6. The summed E-state index contributed by atoms with van der Waals surface area (Å²) in [6, 6.07) is 15.8. The second-order valence-electron chi connectivity index (χ2n) is 6.30. The highest BCUT2D eigenvalue weighted by molar-refractivity contribution is 5.78. The summed E-state index contributed by atoms with van der Waals surface area (Å²) < 4.78 is 5.86. The lowest BCUT2D eigenvalue weighted by Gasteiger charge is -2.10. The Labute approximate surface area is 147 Å². The minimum atomic E-state index is 0.0135. The SMILES string of the molecule is Cc1c(NCc2ccc(CCCCN)cc2)oc2ccccc2c1=O. The van der Waals surface area contributed by atoms with Gasteiger partial charge >= 0.3 is 0 Å². The molecule has 0 unspecified atom stereocenters. The van der Waals surface area contributed by atoms with E-state index in [9.17, 15) is 4.79 Å². The van der Waals surface area contributed by atoms with Crippen LogP contribution < -0.4 is 16.5 Å². The molecule has 0 spiro atoms. The first-order valence-electron chi connectivity index (χ1n) is 8.73. The highest BCUT2D eigenvalue weighted by atomic mass is 16.3. The summed E-state index contributed by atoms with van der Waals surface area (Å²) in [5, 5.41) is 3.87. The Morgan fingerprint density at radius 2 is 1.72 bits per heavy atom. The molecule has 2 aromatic carbocycles. The van der Waals surface area contributed by atoms with Crippen LogP contribution in [0, 0.1) is 6.92 Å². The summed E-state index contributed by atoms with van der Waals surface area (Å²) >= 11 is 0. The number of benzene rings is 2. The van der Waals surface area contributed by atoms with Crippen molar-refractivity contribution in [2.75, 3.05) is 11.9 Å². The van der Waals surface area contributed by atoms with Crippen LogP contribution in [0.15, 0.2) is 57.7 Å². The molecule has 0 atom stereocenters. The Hall–Kier alpha value is -2.59. The van der Waals surface area contributed by atoms with Gasteiger partial charge in [-0.3, -0.25) is 4.79 Å². The summed E-state index contributed by atoms with van der Waals surface area (Å²) in [6.07, 6.45) is 3.24. The fourth-order valence-electron chi connectivity index (χ4n) is 2.88. The smallest absolute Gasteiger partial charge is 0.200 e. The topological polar surface area (TPSA) is 68.3 Å². The van der Waals surface area contributed by atoms with Crippen LogP contribution in [0.25, 0.3) is 11.0 Å². The molecule has 0 aliphatic heterocycles. The predicted octanol–water partition coefficient (Wildman–Crippen LogP) is 3.99. The molecule has 0 fully saturated rings. The third-order valence-corrected chi connectivity index (χ3v) is 4.42. The van der Waals surface area contributed by atoms with Crippen molar-refractivity contribution in [2.24, 2.45) is 5.73 Å². The maximum absolute atomic E-state index is 12.4. The van der Waals surface area contributed by atoms with E-state index in [1.165, 1.54) is 5.56 Å². The predicted molar refractivity (Wildman–Crippen MR) is 103 cm³/mol. The number of hydrogen-bond donors (Lipinski definition) is 2. The van der Waals surface area contributed by atoms with Gasteiger partial charge in [0.15, 0.2) is 5.43 Å². The van der Waals surface area contributed by atoms with Crippen LogP contribution in [0.3, 0.4) is 0 Å². The van der Waals surface area contributed by atoms with Gasteiger partial charge in [-0.15, -0.1) is 0 Å². The van der Waals surface area contributed by atoms with Gasteiger partial charge in [0.05, 0.1) is 10.9 Å². The molecule has 1 aromatic heterocycles. The maximum atomic E-state index is 12.4. The summed E-state index contributed by atoms with van der Waals surface area (Å²) in [7, 11) is 0. The molecule has 25 heavy (non-hydrogen) atoms. The lowest BCUT2D eigenvalue weighted by Crippen LogP contribution is -2.10. The van der Waals surface area contributed by atoms with E-state index in [1.54, 1.807) is 13.0 Å². The van der Waals surface area contributed by atoms with Gasteiger partial charge in [0.2, 0.25) is 5.88 Å². The molecular formula is C21H24N2O2. The molecule has 0 radical (unpaired) electrons. The van der Waals surface area contributed by atoms with Gasteiger partial charge in [-0.25, -0.2) is 0 Å². The first kappa shape index (κ1) is 17.2. The maximum Gasteiger partial charge on any atom is 0.200 e. The number of nitrogens with one attached hydrogen (secondary N) is 1. The molecule has 0 aliphatic carbocycles. The standard InChI is InChI=1S/C21H24N2O2/c1-15-20(24)18-7-2-3-8-19(18)25-21(15)23-14-17-11-9-16(10-12-17)6-4-5-13-22/h2-3,7-12,23H,4-6,13-14,22H2,1H3. The number of aryl methyl sites for hydroxylation is 1. The zero-order valence-corrected chi connectivity index (χ0v) is 14.5. The van der Waals surface area contributed by atoms with E-state index in [-0.39, 0.29) is 5.43 Å². The Balaban J connectivity index is 1.70. The Kier molecular flexibility index (Phi) is 5.51. The van der Waals surface area contributed by atoms with E-state index in [1.807, 2.05) is 18.2 Å². The van der Waals surface area contributed by atoms with Gasteiger partial charge < -0.3 is 15.5 Å². The van der Waals surface area contributed by atoms with Crippen molar-refractivity contribution in [3.63, 3.8) is 0 Å². The molecule has 4 nitrogen and oxygen atoms in total. The monoisotopic (exact) mass is 336 g/mol. The highest BCUT2D eigenvalue weighted by Gasteiger charge is 2.10. The van der Waals surface area contributed by atoms with Crippen molar-refractivity contribution in [3.8, 4) is 0 Å². The molecule has 4 heteroatoms. The third kappa shape index (κ3) is 4.09. The van der Waals surface area contributed by atoms with E-state index >= 15 is 0 Å². The first-order valence-corrected chi connectivity index (χ1v) is 8.73. The van der Waals surface area contributed by atoms with Crippen LogP contribution in [0.4, 0.5) is 5.88 Å². The average molecular weight is 336 g/mol. The van der Waals surface area contributed by atoms with Crippen molar-refractivity contribution >= 4 is 16.9 Å². The molecule has 0 bridgehead atoms. The van der Waals surface area contributed by atoms with Crippen LogP contribution >= 0.6 is 0 Å². The molecule has 0 amide bonds. The molecule has 0 saturated carbocycles. The van der Waals surface area contributed by atoms with Gasteiger partial charge in [-0.2, -0.15) is 0 Å². The van der Waals surface area contributed by atoms with Crippen LogP contribution in [-0.2, 0) is 13.0 Å². The normalized spacial score (nSPS) is 11.0. The minimum absolute atomic E-state index is 0.0135. The highest BCUT2D eigenvalue weighted by Crippen LogP contribution is 2.20. The Morgan fingerprint density at radius 3 is 2.48 bits per heavy atom. The molecule has 1 heterocycles. The van der Waals surface area contributed by atoms with Gasteiger partial charge in [-0.1, -0.05) is 36.4 Å². The van der Waals surface area contributed by atoms with Crippen molar-refractivity contribution in [1.29, 1.82) is 0 Å². The van der Waals surface area contributed by atoms with Crippen molar-refractivity contribution < 1.29 is 4.42 Å². The summed E-state index contributed by atoms with van der Waals surface area (Å²) in [4.78, 5) is 12.4. The second-order valence-corrected chi connectivity index (χ2v) is 6.30. The number of para-hydroxylation sites is 1. The zero-order valence-electron chi connectivity index (χ0n) is 14.5. The van der Waals surface area contributed by atoms with Crippen LogP contribution in [0.2, 0.25) is 0 Å². The summed E-state index contributed by atoms with van der Waals surface area (Å²) in [6.45, 7) is 3.16. The molecule has 3 aromatic rings. The summed E-state index contributed by atoms with van der Waals surface area (Å²) in [5.41, 5.74) is 9.23. The number of nitrogens with two attached hydrogens (primary N) is 1. The Morgan fingerprint density at radius 1 is 1.00 bits per heavy atom. The second kappa shape index (κ2) is 7.99.